The lowest BCUT2D eigenvalue weighted by Crippen LogP contribution is -2.42. The number of nitrogens with one attached hydrogen (secondary N) is 2. The number of hydrogen-bond donors (Lipinski definition) is 2. The third kappa shape index (κ3) is 6.19. The lowest BCUT2D eigenvalue weighted by molar-refractivity contribution is 0.203. The second-order valence-corrected chi connectivity index (χ2v) is 5.00. The van der Waals surface area contributed by atoms with E-state index in [1.807, 2.05) is 0 Å². The van der Waals surface area contributed by atoms with E-state index in [0.29, 0.717) is 6.61 Å². The Morgan fingerprint density at radius 1 is 1.29 bits per heavy atom. The zero-order chi connectivity index (χ0) is 12.5. The van der Waals surface area contributed by atoms with Gasteiger partial charge < -0.3 is 20.3 Å². The molecule has 0 radical (unpaired) electrons. The summed E-state index contributed by atoms with van der Waals surface area (Å²) in [5.74, 6) is 0. The van der Waals surface area contributed by atoms with Crippen LogP contribution in [0, 0.1) is 0 Å². The summed E-state index contributed by atoms with van der Waals surface area (Å²) in [6.07, 6.45) is 5.49. The van der Waals surface area contributed by atoms with Crippen LogP contribution >= 0.6 is 12.2 Å². The first kappa shape index (κ1) is 14.7. The average Bonchev–Trinajstić information content (AvgIpc) is 2.82. The number of rotatable bonds is 7. The van der Waals surface area contributed by atoms with Crippen molar-refractivity contribution in [3.63, 3.8) is 0 Å². The fraction of sp³-hybridized carbons (Fsp3) is 0.917. The van der Waals surface area contributed by atoms with Crippen molar-refractivity contribution in [2.45, 2.75) is 31.7 Å². The van der Waals surface area contributed by atoms with E-state index in [2.05, 4.69) is 22.6 Å². The van der Waals surface area contributed by atoms with Crippen LogP contribution in [0.2, 0.25) is 0 Å². The molecule has 1 fully saturated rings. The molecular weight excluding hydrogens is 234 g/mol. The summed E-state index contributed by atoms with van der Waals surface area (Å²) in [6, 6.07) is 0.784. The Bertz CT molecular complexity index is 220. The molecule has 1 aliphatic carbocycles. The highest BCUT2D eigenvalue weighted by atomic mass is 32.1. The van der Waals surface area contributed by atoms with Crippen LogP contribution in [0.5, 0.6) is 0 Å². The Labute approximate surface area is 110 Å². The predicted molar refractivity (Wildman–Crippen MR) is 75.4 cm³/mol. The summed E-state index contributed by atoms with van der Waals surface area (Å²) in [7, 11) is 3.90. The molecule has 0 spiro atoms. The van der Waals surface area contributed by atoms with Gasteiger partial charge in [-0.2, -0.15) is 0 Å². The van der Waals surface area contributed by atoms with E-state index in [9.17, 15) is 0 Å². The van der Waals surface area contributed by atoms with E-state index in [-0.39, 0.29) is 0 Å². The van der Waals surface area contributed by atoms with Crippen molar-refractivity contribution >= 4 is 17.3 Å². The summed E-state index contributed by atoms with van der Waals surface area (Å²) in [5.41, 5.74) is 0. The third-order valence-electron chi connectivity index (χ3n) is 3.29. The lowest BCUT2D eigenvalue weighted by atomic mass is 10.2. The number of ether oxygens (including phenoxy) is 1. The third-order valence-corrected chi connectivity index (χ3v) is 3.58. The molecule has 5 heteroatoms. The molecule has 0 aliphatic heterocycles. The van der Waals surface area contributed by atoms with Gasteiger partial charge in [0.2, 0.25) is 0 Å². The Hall–Kier alpha value is -0.390. The Balaban J connectivity index is 2.00. The lowest BCUT2D eigenvalue weighted by Gasteiger charge is -2.24. The Morgan fingerprint density at radius 2 is 1.94 bits per heavy atom. The van der Waals surface area contributed by atoms with Crippen LogP contribution in [-0.2, 0) is 4.74 Å². The molecule has 1 rings (SSSR count). The maximum absolute atomic E-state index is 5.16. The number of nitrogens with zero attached hydrogens (tertiary/aromatic N) is 1. The van der Waals surface area contributed by atoms with E-state index in [4.69, 9.17) is 17.0 Å². The first-order chi connectivity index (χ1) is 8.24. The van der Waals surface area contributed by atoms with E-state index < -0.39 is 0 Å². The number of hydrogen-bond acceptors (Lipinski definition) is 3. The van der Waals surface area contributed by atoms with Crippen LogP contribution in [0.15, 0.2) is 0 Å². The van der Waals surface area contributed by atoms with E-state index in [1.165, 1.54) is 25.7 Å². The number of likely N-dealkylation sites (N-methyl/N-ethyl adjacent to an activating group) is 1. The Morgan fingerprint density at radius 3 is 2.59 bits per heavy atom. The van der Waals surface area contributed by atoms with Crippen molar-refractivity contribution in [3.8, 4) is 0 Å². The fourth-order valence-corrected chi connectivity index (χ4v) is 2.41. The summed E-state index contributed by atoms with van der Waals surface area (Å²) >= 11 is 5.16. The summed E-state index contributed by atoms with van der Waals surface area (Å²) in [4.78, 5) is 2.44. The molecule has 0 saturated heterocycles. The monoisotopic (exact) mass is 259 g/mol. The van der Waals surface area contributed by atoms with Crippen molar-refractivity contribution in [1.82, 2.24) is 15.5 Å². The topological polar surface area (TPSA) is 36.5 Å². The molecule has 0 bridgehead atoms. The van der Waals surface area contributed by atoms with Crippen molar-refractivity contribution < 1.29 is 4.74 Å². The molecule has 100 valence electrons. The largest absolute Gasteiger partial charge is 0.383 e. The highest BCUT2D eigenvalue weighted by molar-refractivity contribution is 7.80. The first-order valence-electron chi connectivity index (χ1n) is 6.45. The molecule has 0 amide bonds. The summed E-state index contributed by atoms with van der Waals surface area (Å²) in [5, 5.41) is 7.05. The standard InChI is InChI=1S/C12H25N3OS/c1-15(11-5-3-4-6-11)9-7-13-12(17)14-8-10-16-2/h11H,3-10H2,1-2H3,(H2,13,14,17). The zero-order valence-corrected chi connectivity index (χ0v) is 11.8. The molecule has 0 heterocycles. The molecule has 1 saturated carbocycles. The van der Waals surface area contributed by atoms with Gasteiger partial charge in [-0.15, -0.1) is 0 Å². The van der Waals surface area contributed by atoms with Gasteiger partial charge in [0, 0.05) is 32.8 Å². The van der Waals surface area contributed by atoms with Gasteiger partial charge in [-0.3, -0.25) is 0 Å². The van der Waals surface area contributed by atoms with Crippen molar-refractivity contribution in [2.75, 3.05) is 40.4 Å². The molecule has 4 nitrogen and oxygen atoms in total. The normalized spacial score (nSPS) is 16.4. The number of methoxy groups -OCH3 is 1. The van der Waals surface area contributed by atoms with Gasteiger partial charge in [0.15, 0.2) is 5.11 Å². The highest BCUT2D eigenvalue weighted by Gasteiger charge is 2.18. The Kier molecular flexibility index (Phi) is 7.48. The maximum Gasteiger partial charge on any atom is 0.166 e. The SMILES string of the molecule is COCCNC(=S)NCCN(C)C1CCCC1. The second kappa shape index (κ2) is 8.66. The van der Waals surface area contributed by atoms with Crippen LogP contribution in [-0.4, -0.2) is 56.5 Å². The fourth-order valence-electron chi connectivity index (χ4n) is 2.20. The molecule has 0 atom stereocenters. The first-order valence-corrected chi connectivity index (χ1v) is 6.85. The zero-order valence-electron chi connectivity index (χ0n) is 11.0. The van der Waals surface area contributed by atoms with E-state index in [1.54, 1.807) is 7.11 Å². The van der Waals surface area contributed by atoms with Gasteiger partial charge in [-0.25, -0.2) is 0 Å². The van der Waals surface area contributed by atoms with Crippen LogP contribution < -0.4 is 10.6 Å². The minimum atomic E-state index is 0.684. The number of thiocarbonyl (C=S) groups is 1. The van der Waals surface area contributed by atoms with Gasteiger partial charge in [0.1, 0.15) is 0 Å². The van der Waals surface area contributed by atoms with Crippen molar-refractivity contribution in [1.29, 1.82) is 0 Å². The van der Waals surface area contributed by atoms with Crippen molar-refractivity contribution in [2.24, 2.45) is 0 Å². The molecule has 17 heavy (non-hydrogen) atoms. The van der Waals surface area contributed by atoms with E-state index in [0.717, 1.165) is 30.8 Å². The van der Waals surface area contributed by atoms with Gasteiger partial charge in [-0.05, 0) is 32.1 Å². The van der Waals surface area contributed by atoms with Crippen LogP contribution in [0.25, 0.3) is 0 Å². The van der Waals surface area contributed by atoms with Crippen LogP contribution in [0.4, 0.5) is 0 Å². The summed E-state index contributed by atoms with van der Waals surface area (Å²) in [6.45, 7) is 3.41. The maximum atomic E-state index is 5.16. The second-order valence-electron chi connectivity index (χ2n) is 4.59. The molecule has 0 aromatic carbocycles. The minimum absolute atomic E-state index is 0.684. The van der Waals surface area contributed by atoms with Gasteiger partial charge in [0.25, 0.3) is 0 Å². The van der Waals surface area contributed by atoms with E-state index >= 15 is 0 Å². The molecule has 2 N–H and O–H groups in total. The smallest absolute Gasteiger partial charge is 0.166 e. The quantitative estimate of drug-likeness (QED) is 0.526. The minimum Gasteiger partial charge on any atom is -0.383 e. The van der Waals surface area contributed by atoms with Gasteiger partial charge >= 0.3 is 0 Å². The average molecular weight is 259 g/mol. The molecule has 0 unspecified atom stereocenters. The highest BCUT2D eigenvalue weighted by Crippen LogP contribution is 2.21. The van der Waals surface area contributed by atoms with Crippen molar-refractivity contribution in [3.05, 3.63) is 0 Å². The predicted octanol–water partition coefficient (Wildman–Crippen LogP) is 0.971. The van der Waals surface area contributed by atoms with Gasteiger partial charge in [-0.1, -0.05) is 12.8 Å². The van der Waals surface area contributed by atoms with Gasteiger partial charge in [0.05, 0.1) is 6.61 Å². The molecule has 0 aromatic rings. The van der Waals surface area contributed by atoms with Crippen LogP contribution in [0.1, 0.15) is 25.7 Å². The molecule has 1 aliphatic rings. The summed E-state index contributed by atoms with van der Waals surface area (Å²) < 4.78 is 4.94. The van der Waals surface area contributed by atoms with Crippen LogP contribution in [0.3, 0.4) is 0 Å². The molecule has 0 aromatic heterocycles. The molecular formula is C12H25N3OS.